The minimum absolute atomic E-state index is 0.0954. The maximum absolute atomic E-state index is 13.6. The average molecular weight is 294 g/mol. The van der Waals surface area contributed by atoms with Crippen molar-refractivity contribution in [3.8, 4) is 0 Å². The summed E-state index contributed by atoms with van der Waals surface area (Å²) in [4.78, 5) is 6.46. The van der Waals surface area contributed by atoms with Crippen LogP contribution in [0.1, 0.15) is 17.3 Å². The Morgan fingerprint density at radius 2 is 2.05 bits per heavy atom. The molecule has 5 nitrogen and oxygen atoms in total. The molecule has 1 aliphatic heterocycles. The van der Waals surface area contributed by atoms with Gasteiger partial charge in [-0.2, -0.15) is 4.98 Å². The van der Waals surface area contributed by atoms with Crippen LogP contribution in [-0.4, -0.2) is 41.2 Å². The van der Waals surface area contributed by atoms with E-state index in [1.165, 1.54) is 12.1 Å². The predicted molar refractivity (Wildman–Crippen MR) is 71.6 cm³/mol. The fourth-order valence-electron chi connectivity index (χ4n) is 2.34. The summed E-state index contributed by atoms with van der Waals surface area (Å²) in [7, 11) is 0. The second-order valence-corrected chi connectivity index (χ2v) is 5.02. The van der Waals surface area contributed by atoms with Gasteiger partial charge in [-0.05, 0) is 6.07 Å². The highest BCUT2D eigenvalue weighted by Gasteiger charge is 2.16. The Bertz CT molecular complexity index is 611. The predicted octanol–water partition coefficient (Wildman–Crippen LogP) is 1.34. The number of hydrogen-bond acceptors (Lipinski definition) is 5. The Kier molecular flexibility index (Phi) is 4.21. The Balaban J connectivity index is 1.66. The fourth-order valence-corrected chi connectivity index (χ4v) is 2.34. The van der Waals surface area contributed by atoms with Crippen molar-refractivity contribution in [2.24, 2.45) is 0 Å². The highest BCUT2D eigenvalue weighted by Crippen LogP contribution is 2.15. The summed E-state index contributed by atoms with van der Waals surface area (Å²) in [5.74, 6) is -0.860. The van der Waals surface area contributed by atoms with Crippen LogP contribution in [0.5, 0.6) is 0 Å². The summed E-state index contributed by atoms with van der Waals surface area (Å²) in [5.41, 5.74) is 0.215. The molecule has 1 fully saturated rings. The third-order valence-electron chi connectivity index (χ3n) is 3.46. The molecule has 1 saturated heterocycles. The molecule has 1 N–H and O–H groups in total. The second kappa shape index (κ2) is 6.28. The van der Waals surface area contributed by atoms with Crippen LogP contribution >= 0.6 is 0 Å². The quantitative estimate of drug-likeness (QED) is 0.922. The topological polar surface area (TPSA) is 54.2 Å². The summed E-state index contributed by atoms with van der Waals surface area (Å²) < 4.78 is 31.8. The molecule has 1 aromatic carbocycles. The van der Waals surface area contributed by atoms with Gasteiger partial charge in [-0.1, -0.05) is 17.3 Å². The van der Waals surface area contributed by atoms with Gasteiger partial charge in [0.05, 0.1) is 13.0 Å². The lowest BCUT2D eigenvalue weighted by Gasteiger charge is -2.25. The van der Waals surface area contributed by atoms with Crippen LogP contribution in [0.25, 0.3) is 0 Å². The van der Waals surface area contributed by atoms with Crippen molar-refractivity contribution >= 4 is 0 Å². The van der Waals surface area contributed by atoms with Crippen LogP contribution in [0, 0.1) is 11.6 Å². The van der Waals surface area contributed by atoms with E-state index >= 15 is 0 Å². The van der Waals surface area contributed by atoms with Crippen LogP contribution < -0.4 is 5.32 Å². The van der Waals surface area contributed by atoms with E-state index in [2.05, 4.69) is 20.4 Å². The van der Waals surface area contributed by atoms with Crippen molar-refractivity contribution in [2.45, 2.75) is 13.0 Å². The van der Waals surface area contributed by atoms with Gasteiger partial charge in [0.2, 0.25) is 5.89 Å². The van der Waals surface area contributed by atoms with E-state index < -0.39 is 11.6 Å². The van der Waals surface area contributed by atoms with Crippen LogP contribution in [0.2, 0.25) is 0 Å². The minimum atomic E-state index is -0.868. The Morgan fingerprint density at radius 1 is 1.24 bits per heavy atom. The number of nitrogens with zero attached hydrogens (tertiary/aromatic N) is 3. The fraction of sp³-hybridized carbons (Fsp3) is 0.429. The average Bonchev–Trinajstić information content (AvgIpc) is 2.92. The lowest BCUT2D eigenvalue weighted by molar-refractivity contribution is 0.224. The first-order valence-electron chi connectivity index (χ1n) is 6.90. The van der Waals surface area contributed by atoms with E-state index in [4.69, 9.17) is 4.52 Å². The lowest BCUT2D eigenvalue weighted by Crippen LogP contribution is -2.43. The molecule has 21 heavy (non-hydrogen) atoms. The molecule has 1 aromatic heterocycles. The smallest absolute Gasteiger partial charge is 0.231 e. The molecule has 0 amide bonds. The molecule has 2 aromatic rings. The van der Waals surface area contributed by atoms with Gasteiger partial charge in [0.1, 0.15) is 0 Å². The van der Waals surface area contributed by atoms with Crippen molar-refractivity contribution in [1.82, 2.24) is 20.4 Å². The molecular weight excluding hydrogens is 278 g/mol. The molecule has 0 spiro atoms. The van der Waals surface area contributed by atoms with E-state index in [1.54, 1.807) is 0 Å². The number of halogens is 2. The standard InChI is InChI=1S/C14H16F2N4O/c15-11-3-1-2-10(14(11)16)8-13-18-12(19-21-13)9-20-6-4-17-5-7-20/h1-3,17H,4-9H2. The first-order valence-corrected chi connectivity index (χ1v) is 6.90. The van der Waals surface area contributed by atoms with E-state index in [-0.39, 0.29) is 12.0 Å². The van der Waals surface area contributed by atoms with Gasteiger partial charge in [-0.25, -0.2) is 8.78 Å². The van der Waals surface area contributed by atoms with Gasteiger partial charge >= 0.3 is 0 Å². The maximum atomic E-state index is 13.6. The molecule has 7 heteroatoms. The van der Waals surface area contributed by atoms with E-state index in [1.807, 2.05) is 0 Å². The van der Waals surface area contributed by atoms with Crippen molar-refractivity contribution in [1.29, 1.82) is 0 Å². The normalized spacial score (nSPS) is 16.3. The summed E-state index contributed by atoms with van der Waals surface area (Å²) in [5, 5.41) is 7.16. The number of benzene rings is 1. The van der Waals surface area contributed by atoms with Crippen LogP contribution in [0.3, 0.4) is 0 Å². The van der Waals surface area contributed by atoms with Crippen molar-refractivity contribution in [2.75, 3.05) is 26.2 Å². The molecule has 0 unspecified atom stereocenters. The van der Waals surface area contributed by atoms with Gasteiger partial charge < -0.3 is 9.84 Å². The minimum Gasteiger partial charge on any atom is -0.339 e. The number of piperazine rings is 1. The number of aromatic nitrogens is 2. The Labute approximate surface area is 120 Å². The molecule has 0 saturated carbocycles. The number of hydrogen-bond donors (Lipinski definition) is 1. The zero-order valence-electron chi connectivity index (χ0n) is 11.5. The zero-order chi connectivity index (χ0) is 14.7. The first-order chi connectivity index (χ1) is 10.2. The molecule has 112 valence electrons. The summed E-state index contributed by atoms with van der Waals surface area (Å²) >= 11 is 0. The summed E-state index contributed by atoms with van der Waals surface area (Å²) in [6.07, 6.45) is 0.0954. The number of rotatable bonds is 4. The summed E-state index contributed by atoms with van der Waals surface area (Å²) in [6.45, 7) is 4.36. The number of nitrogens with one attached hydrogen (secondary N) is 1. The van der Waals surface area contributed by atoms with E-state index in [0.717, 1.165) is 32.2 Å². The summed E-state index contributed by atoms with van der Waals surface area (Å²) in [6, 6.07) is 4.06. The van der Waals surface area contributed by atoms with Crippen molar-refractivity contribution in [3.63, 3.8) is 0 Å². The molecule has 1 aliphatic rings. The molecule has 3 rings (SSSR count). The highest BCUT2D eigenvalue weighted by atomic mass is 19.2. The largest absolute Gasteiger partial charge is 0.339 e. The van der Waals surface area contributed by atoms with Crippen LogP contribution in [-0.2, 0) is 13.0 Å². The molecule has 0 atom stereocenters. The van der Waals surface area contributed by atoms with E-state index in [0.29, 0.717) is 18.3 Å². The molecule has 0 aliphatic carbocycles. The lowest BCUT2D eigenvalue weighted by atomic mass is 10.1. The van der Waals surface area contributed by atoms with Crippen molar-refractivity contribution < 1.29 is 13.3 Å². The second-order valence-electron chi connectivity index (χ2n) is 5.02. The third kappa shape index (κ3) is 3.43. The first kappa shape index (κ1) is 14.1. The molecular formula is C14H16F2N4O. The van der Waals surface area contributed by atoms with Gasteiger partial charge in [-0.15, -0.1) is 0 Å². The van der Waals surface area contributed by atoms with Gasteiger partial charge in [0.25, 0.3) is 0 Å². The van der Waals surface area contributed by atoms with Crippen LogP contribution in [0.4, 0.5) is 8.78 Å². The van der Waals surface area contributed by atoms with Gasteiger partial charge in [0.15, 0.2) is 17.5 Å². The van der Waals surface area contributed by atoms with Crippen molar-refractivity contribution in [3.05, 3.63) is 47.1 Å². The Morgan fingerprint density at radius 3 is 2.86 bits per heavy atom. The van der Waals surface area contributed by atoms with E-state index in [9.17, 15) is 8.78 Å². The van der Waals surface area contributed by atoms with Gasteiger partial charge in [0, 0.05) is 31.7 Å². The SMILES string of the molecule is Fc1cccc(Cc2nc(CN3CCNCC3)no2)c1F. The van der Waals surface area contributed by atoms with Crippen LogP contribution in [0.15, 0.2) is 22.7 Å². The van der Waals surface area contributed by atoms with Gasteiger partial charge in [-0.3, -0.25) is 4.90 Å². The monoisotopic (exact) mass is 294 g/mol. The third-order valence-corrected chi connectivity index (χ3v) is 3.46. The zero-order valence-corrected chi connectivity index (χ0v) is 11.5. The maximum Gasteiger partial charge on any atom is 0.231 e. The highest BCUT2D eigenvalue weighted by molar-refractivity contribution is 5.21. The Hall–Kier alpha value is -1.86. The molecule has 0 radical (unpaired) electrons. The molecule has 2 heterocycles. The molecule has 0 bridgehead atoms.